The van der Waals surface area contributed by atoms with Crippen LogP contribution in [0, 0.1) is 5.92 Å². The van der Waals surface area contributed by atoms with E-state index in [2.05, 4.69) is 10.3 Å². The minimum atomic E-state index is -0.458. The summed E-state index contributed by atoms with van der Waals surface area (Å²) in [6, 6.07) is 0. The zero-order valence-electron chi connectivity index (χ0n) is 13.6. The molecule has 8 heteroatoms. The first-order chi connectivity index (χ1) is 10.9. The molecule has 0 saturated heterocycles. The third-order valence-corrected chi connectivity index (χ3v) is 3.53. The fraction of sp³-hybridized carbons (Fsp3) is 0.600. The highest BCUT2D eigenvalue weighted by atomic mass is 32.1. The van der Waals surface area contributed by atoms with Crippen molar-refractivity contribution in [3.63, 3.8) is 0 Å². The molecule has 0 unspecified atom stereocenters. The lowest BCUT2D eigenvalue weighted by molar-refractivity contribution is -0.147. The lowest BCUT2D eigenvalue weighted by Crippen LogP contribution is -2.21. The first-order valence-electron chi connectivity index (χ1n) is 7.46. The molecule has 128 valence electrons. The lowest BCUT2D eigenvalue weighted by Gasteiger charge is -2.06. The van der Waals surface area contributed by atoms with Crippen LogP contribution in [0.4, 0.5) is 5.13 Å². The highest BCUT2D eigenvalue weighted by Crippen LogP contribution is 2.16. The number of anilines is 1. The van der Waals surface area contributed by atoms with Gasteiger partial charge in [-0.1, -0.05) is 13.8 Å². The number of amides is 1. The van der Waals surface area contributed by atoms with Crippen LogP contribution < -0.4 is 5.32 Å². The Kier molecular flexibility index (Phi) is 8.25. The quantitative estimate of drug-likeness (QED) is 0.691. The van der Waals surface area contributed by atoms with Crippen molar-refractivity contribution in [2.75, 3.05) is 18.5 Å². The number of hydrogen-bond donors (Lipinski definition) is 1. The summed E-state index contributed by atoms with van der Waals surface area (Å²) in [7, 11) is 0. The van der Waals surface area contributed by atoms with E-state index in [1.54, 1.807) is 12.3 Å². The topological polar surface area (TPSA) is 94.6 Å². The van der Waals surface area contributed by atoms with E-state index in [0.717, 1.165) is 6.42 Å². The molecule has 0 aromatic carbocycles. The molecule has 1 aromatic rings. The van der Waals surface area contributed by atoms with Gasteiger partial charge in [-0.15, -0.1) is 11.3 Å². The Morgan fingerprint density at radius 1 is 1.26 bits per heavy atom. The van der Waals surface area contributed by atoms with E-state index >= 15 is 0 Å². The van der Waals surface area contributed by atoms with E-state index in [1.807, 2.05) is 13.8 Å². The second-order valence-electron chi connectivity index (χ2n) is 5.27. The Morgan fingerprint density at radius 3 is 2.65 bits per heavy atom. The molecule has 1 aromatic heterocycles. The molecule has 0 aliphatic carbocycles. The van der Waals surface area contributed by atoms with Gasteiger partial charge in [-0.25, -0.2) is 4.98 Å². The molecule has 0 saturated carbocycles. The van der Waals surface area contributed by atoms with Gasteiger partial charge >= 0.3 is 11.9 Å². The molecule has 1 N–H and O–H groups in total. The predicted molar refractivity (Wildman–Crippen MR) is 86.1 cm³/mol. The summed E-state index contributed by atoms with van der Waals surface area (Å²) in [6.45, 7) is 5.72. The Bertz CT molecular complexity index is 542. The van der Waals surface area contributed by atoms with E-state index < -0.39 is 11.9 Å². The highest BCUT2D eigenvalue weighted by Gasteiger charge is 2.12. The van der Waals surface area contributed by atoms with Crippen molar-refractivity contribution in [2.45, 2.75) is 40.0 Å². The van der Waals surface area contributed by atoms with Crippen molar-refractivity contribution in [1.29, 1.82) is 0 Å². The van der Waals surface area contributed by atoms with Gasteiger partial charge in [0, 0.05) is 11.8 Å². The Labute approximate surface area is 139 Å². The van der Waals surface area contributed by atoms with Crippen LogP contribution in [0.3, 0.4) is 0 Å². The van der Waals surface area contributed by atoms with Crippen LogP contribution >= 0.6 is 11.3 Å². The summed E-state index contributed by atoms with van der Waals surface area (Å²) in [5, 5.41) is 4.55. The Balaban J connectivity index is 2.33. The number of nitrogens with one attached hydrogen (secondary N) is 1. The predicted octanol–water partition coefficient (Wildman–Crippen LogP) is 2.17. The summed E-state index contributed by atoms with van der Waals surface area (Å²) in [4.78, 5) is 38.5. The molecule has 0 fully saturated rings. The number of aromatic nitrogens is 1. The van der Waals surface area contributed by atoms with Gasteiger partial charge in [0.2, 0.25) is 0 Å². The first kappa shape index (κ1) is 19.1. The molecule has 1 rings (SSSR count). The molecule has 23 heavy (non-hydrogen) atoms. The van der Waals surface area contributed by atoms with Crippen molar-refractivity contribution in [3.05, 3.63) is 11.1 Å². The zero-order chi connectivity index (χ0) is 17.2. The number of hydrogen-bond acceptors (Lipinski definition) is 7. The molecule has 0 atom stereocenters. The van der Waals surface area contributed by atoms with E-state index in [9.17, 15) is 14.4 Å². The SMILES string of the molecule is CCOC(=O)Cc1csc(NC(=O)COC(=O)CCC(C)C)n1. The molecule has 1 heterocycles. The molecule has 7 nitrogen and oxygen atoms in total. The maximum absolute atomic E-state index is 11.7. The fourth-order valence-electron chi connectivity index (χ4n) is 1.59. The van der Waals surface area contributed by atoms with Crippen LogP contribution in [0.5, 0.6) is 0 Å². The smallest absolute Gasteiger partial charge is 0.311 e. The molecule has 0 aliphatic rings. The standard InChI is InChI=1S/C15H22N2O5S/c1-4-21-14(20)7-11-9-23-15(16-11)17-12(18)8-22-13(19)6-5-10(2)3/h9-10H,4-8H2,1-3H3,(H,16,17,18). The number of thiazole rings is 1. The average molecular weight is 342 g/mol. The molecular weight excluding hydrogens is 320 g/mol. The van der Waals surface area contributed by atoms with Gasteiger partial charge in [-0.2, -0.15) is 0 Å². The minimum Gasteiger partial charge on any atom is -0.466 e. The van der Waals surface area contributed by atoms with Gasteiger partial charge in [0.25, 0.3) is 5.91 Å². The summed E-state index contributed by atoms with van der Waals surface area (Å²) >= 11 is 1.20. The van der Waals surface area contributed by atoms with Crippen LogP contribution in [0.25, 0.3) is 0 Å². The molecule has 0 radical (unpaired) electrons. The third kappa shape index (κ3) is 8.29. The monoisotopic (exact) mass is 342 g/mol. The van der Waals surface area contributed by atoms with Crippen LogP contribution in [0.1, 0.15) is 39.3 Å². The average Bonchev–Trinajstić information content (AvgIpc) is 2.90. The molecule has 1 amide bonds. The largest absolute Gasteiger partial charge is 0.466 e. The van der Waals surface area contributed by atoms with Crippen LogP contribution in [-0.4, -0.2) is 36.0 Å². The molecule has 0 aliphatic heterocycles. The van der Waals surface area contributed by atoms with Crippen molar-refractivity contribution in [1.82, 2.24) is 4.98 Å². The number of rotatable bonds is 9. The lowest BCUT2D eigenvalue weighted by atomic mass is 10.1. The van der Waals surface area contributed by atoms with Crippen molar-refractivity contribution >= 4 is 34.3 Å². The van der Waals surface area contributed by atoms with Gasteiger partial charge in [-0.3, -0.25) is 19.7 Å². The third-order valence-electron chi connectivity index (χ3n) is 2.72. The summed E-state index contributed by atoms with van der Waals surface area (Å²) < 4.78 is 9.70. The maximum Gasteiger partial charge on any atom is 0.311 e. The Hall–Kier alpha value is -1.96. The molecule has 0 spiro atoms. The summed E-state index contributed by atoms with van der Waals surface area (Å²) in [5.41, 5.74) is 0.526. The fourth-order valence-corrected chi connectivity index (χ4v) is 2.31. The molecular formula is C15H22N2O5S. The van der Waals surface area contributed by atoms with E-state index in [0.29, 0.717) is 29.8 Å². The van der Waals surface area contributed by atoms with E-state index in [1.165, 1.54) is 11.3 Å². The van der Waals surface area contributed by atoms with Gasteiger partial charge < -0.3 is 9.47 Å². The van der Waals surface area contributed by atoms with E-state index in [-0.39, 0.29) is 19.0 Å². The number of nitrogens with zero attached hydrogens (tertiary/aromatic N) is 1. The number of ether oxygens (including phenoxy) is 2. The summed E-state index contributed by atoms with van der Waals surface area (Å²) in [5.74, 6) is -0.810. The number of carbonyl (C=O) groups is 3. The van der Waals surface area contributed by atoms with Gasteiger partial charge in [0.1, 0.15) is 0 Å². The highest BCUT2D eigenvalue weighted by molar-refractivity contribution is 7.13. The second kappa shape index (κ2) is 9.94. The zero-order valence-corrected chi connectivity index (χ0v) is 14.4. The van der Waals surface area contributed by atoms with Gasteiger partial charge in [-0.05, 0) is 19.3 Å². The van der Waals surface area contributed by atoms with Crippen molar-refractivity contribution in [2.24, 2.45) is 5.92 Å². The van der Waals surface area contributed by atoms with Crippen molar-refractivity contribution < 1.29 is 23.9 Å². The number of esters is 2. The Morgan fingerprint density at radius 2 is 2.00 bits per heavy atom. The van der Waals surface area contributed by atoms with Gasteiger partial charge in [0.15, 0.2) is 11.7 Å². The van der Waals surface area contributed by atoms with Crippen molar-refractivity contribution in [3.8, 4) is 0 Å². The normalized spacial score (nSPS) is 10.4. The van der Waals surface area contributed by atoms with Crippen LogP contribution in [0.2, 0.25) is 0 Å². The van der Waals surface area contributed by atoms with E-state index in [4.69, 9.17) is 9.47 Å². The molecule has 0 bridgehead atoms. The second-order valence-corrected chi connectivity index (χ2v) is 6.13. The first-order valence-corrected chi connectivity index (χ1v) is 8.34. The number of carbonyl (C=O) groups excluding carboxylic acids is 3. The van der Waals surface area contributed by atoms with Crippen LogP contribution in [0.15, 0.2) is 5.38 Å². The maximum atomic E-state index is 11.7. The minimum absolute atomic E-state index is 0.0599. The van der Waals surface area contributed by atoms with Gasteiger partial charge in [0.05, 0.1) is 18.7 Å². The summed E-state index contributed by atoms with van der Waals surface area (Å²) in [6.07, 6.45) is 1.08. The van der Waals surface area contributed by atoms with Crippen LogP contribution in [-0.2, 0) is 30.3 Å².